The maximum atomic E-state index is 12.4. The smallest absolute Gasteiger partial charge is 0.240 e. The number of sulfonamides is 1. The van der Waals surface area contributed by atoms with Gasteiger partial charge in [-0.2, -0.15) is 0 Å². The highest BCUT2D eigenvalue weighted by molar-refractivity contribution is 7.89. The third-order valence-corrected chi connectivity index (χ3v) is 6.26. The molecule has 0 bridgehead atoms. The van der Waals surface area contributed by atoms with E-state index in [1.54, 1.807) is 19.1 Å². The molecule has 0 fully saturated rings. The fraction of sp³-hybridized carbons (Fsp3) is 0.294. The van der Waals surface area contributed by atoms with E-state index >= 15 is 0 Å². The van der Waals surface area contributed by atoms with Crippen molar-refractivity contribution in [2.75, 3.05) is 6.54 Å². The Balaban J connectivity index is 1.49. The second-order valence-electron chi connectivity index (χ2n) is 6.02. The Labute approximate surface area is 156 Å². The fourth-order valence-electron chi connectivity index (χ4n) is 2.51. The molecule has 7 nitrogen and oxygen atoms in total. The second-order valence-corrected chi connectivity index (χ2v) is 8.63. The van der Waals surface area contributed by atoms with Gasteiger partial charge in [0.15, 0.2) is 4.96 Å². The molecule has 3 aromatic rings. The van der Waals surface area contributed by atoms with Gasteiger partial charge >= 0.3 is 0 Å². The molecule has 0 aliphatic heterocycles. The maximum Gasteiger partial charge on any atom is 0.240 e. The lowest BCUT2D eigenvalue weighted by molar-refractivity contribution is -0.121. The average Bonchev–Trinajstić information content (AvgIpc) is 3.16. The number of nitrogens with zero attached hydrogens (tertiary/aromatic N) is 2. The molecule has 1 aromatic carbocycles. The van der Waals surface area contributed by atoms with Gasteiger partial charge in [-0.25, -0.2) is 18.1 Å². The van der Waals surface area contributed by atoms with Crippen molar-refractivity contribution in [1.29, 1.82) is 0 Å². The monoisotopic (exact) mass is 392 g/mol. The van der Waals surface area contributed by atoms with E-state index in [1.165, 1.54) is 11.3 Å². The summed E-state index contributed by atoms with van der Waals surface area (Å²) in [6, 6.07) is 5.26. The lowest BCUT2D eigenvalue weighted by Crippen LogP contribution is -2.31. The Bertz CT molecular complexity index is 1010. The van der Waals surface area contributed by atoms with Crippen molar-refractivity contribution < 1.29 is 13.2 Å². The Morgan fingerprint density at radius 2 is 2.12 bits per heavy atom. The number of thiazole rings is 1. The molecule has 0 atom stereocenters. The van der Waals surface area contributed by atoms with Gasteiger partial charge in [0.1, 0.15) is 0 Å². The Hall–Kier alpha value is -2.23. The zero-order valence-electron chi connectivity index (χ0n) is 14.5. The molecule has 0 saturated carbocycles. The number of fused-ring (bicyclic) bond motifs is 1. The summed E-state index contributed by atoms with van der Waals surface area (Å²) in [4.78, 5) is 17.4. The van der Waals surface area contributed by atoms with Crippen LogP contribution in [0.4, 0.5) is 0 Å². The van der Waals surface area contributed by atoms with Gasteiger partial charge < -0.3 is 5.32 Å². The van der Waals surface area contributed by atoms with Gasteiger partial charge in [0, 0.05) is 30.7 Å². The molecule has 0 aliphatic carbocycles. The van der Waals surface area contributed by atoms with Crippen LogP contribution in [0, 0.1) is 13.8 Å². The summed E-state index contributed by atoms with van der Waals surface area (Å²) < 4.78 is 29.1. The van der Waals surface area contributed by atoms with E-state index in [-0.39, 0.29) is 23.8 Å². The first-order valence-corrected chi connectivity index (χ1v) is 10.5. The molecule has 0 spiro atoms. The van der Waals surface area contributed by atoms with Crippen molar-refractivity contribution in [3.8, 4) is 0 Å². The minimum Gasteiger partial charge on any atom is -0.350 e. The van der Waals surface area contributed by atoms with Crippen LogP contribution < -0.4 is 10.0 Å². The van der Waals surface area contributed by atoms with Crippen LogP contribution in [-0.4, -0.2) is 30.3 Å². The van der Waals surface area contributed by atoms with Crippen LogP contribution in [0.25, 0.3) is 4.96 Å². The molecule has 0 aliphatic rings. The van der Waals surface area contributed by atoms with Gasteiger partial charge in [0.25, 0.3) is 0 Å². The van der Waals surface area contributed by atoms with E-state index in [2.05, 4.69) is 15.0 Å². The predicted molar refractivity (Wildman–Crippen MR) is 101 cm³/mol. The summed E-state index contributed by atoms with van der Waals surface area (Å²) in [6.45, 7) is 3.94. The van der Waals surface area contributed by atoms with E-state index in [0.29, 0.717) is 12.1 Å². The molecular formula is C17H20N4O3S2. The first-order chi connectivity index (χ1) is 12.3. The third kappa shape index (κ3) is 4.29. The van der Waals surface area contributed by atoms with Gasteiger partial charge in [-0.15, -0.1) is 11.3 Å². The molecular weight excluding hydrogens is 372 g/mol. The number of nitrogens with one attached hydrogen (secondary N) is 2. The molecule has 0 unspecified atom stereocenters. The highest BCUT2D eigenvalue weighted by Gasteiger charge is 2.17. The summed E-state index contributed by atoms with van der Waals surface area (Å²) in [5.41, 5.74) is 2.31. The molecule has 2 aromatic heterocycles. The predicted octanol–water partition coefficient (Wildman–Crippen LogP) is 2.00. The Morgan fingerprint density at radius 3 is 2.88 bits per heavy atom. The number of benzene rings is 1. The topological polar surface area (TPSA) is 92.6 Å². The summed E-state index contributed by atoms with van der Waals surface area (Å²) >= 11 is 1.52. The van der Waals surface area contributed by atoms with E-state index in [0.717, 1.165) is 16.2 Å². The molecule has 1 amide bonds. The lowest BCUT2D eigenvalue weighted by Gasteiger charge is -2.10. The van der Waals surface area contributed by atoms with Crippen LogP contribution in [0.15, 0.2) is 40.9 Å². The number of hydrogen-bond donors (Lipinski definition) is 2. The quantitative estimate of drug-likeness (QED) is 0.643. The molecule has 2 heterocycles. The van der Waals surface area contributed by atoms with Gasteiger partial charge in [0.2, 0.25) is 15.9 Å². The van der Waals surface area contributed by atoms with Crippen molar-refractivity contribution >= 4 is 32.2 Å². The number of rotatable bonds is 7. The van der Waals surface area contributed by atoms with Gasteiger partial charge in [-0.3, -0.25) is 9.20 Å². The van der Waals surface area contributed by atoms with E-state index < -0.39 is 10.0 Å². The third-order valence-electron chi connectivity index (χ3n) is 3.89. The molecule has 0 saturated heterocycles. The van der Waals surface area contributed by atoms with E-state index in [1.807, 2.05) is 35.2 Å². The second kappa shape index (κ2) is 7.56. The van der Waals surface area contributed by atoms with Crippen LogP contribution in [0.2, 0.25) is 0 Å². The molecule has 0 radical (unpaired) electrons. The molecule has 3 rings (SSSR count). The summed E-state index contributed by atoms with van der Waals surface area (Å²) in [5, 5.41) is 4.69. The fourth-order valence-corrected chi connectivity index (χ4v) is 4.59. The van der Waals surface area contributed by atoms with Crippen molar-refractivity contribution in [2.24, 2.45) is 0 Å². The van der Waals surface area contributed by atoms with E-state index in [4.69, 9.17) is 0 Å². The standard InChI is InChI=1S/C17H20N4O3S2/c1-12-3-4-13(2)15(9-12)26(23,24)19-6-5-16(22)18-10-14-11-21-7-8-25-17(21)20-14/h3-4,7-9,11,19H,5-6,10H2,1-2H3,(H,18,22). The number of hydrogen-bond acceptors (Lipinski definition) is 5. The van der Waals surface area contributed by atoms with Crippen LogP contribution in [0.5, 0.6) is 0 Å². The van der Waals surface area contributed by atoms with Crippen LogP contribution in [0.3, 0.4) is 0 Å². The zero-order valence-corrected chi connectivity index (χ0v) is 16.2. The van der Waals surface area contributed by atoms with Gasteiger partial charge in [-0.05, 0) is 31.0 Å². The highest BCUT2D eigenvalue weighted by atomic mass is 32.2. The molecule has 9 heteroatoms. The summed E-state index contributed by atoms with van der Waals surface area (Å²) in [5.74, 6) is -0.231. The minimum absolute atomic E-state index is 0.0415. The maximum absolute atomic E-state index is 12.4. The Kier molecular flexibility index (Phi) is 5.40. The number of imidazole rings is 1. The van der Waals surface area contributed by atoms with Gasteiger partial charge in [-0.1, -0.05) is 12.1 Å². The van der Waals surface area contributed by atoms with Crippen molar-refractivity contribution in [3.63, 3.8) is 0 Å². The van der Waals surface area contributed by atoms with Gasteiger partial charge in [0.05, 0.1) is 17.1 Å². The van der Waals surface area contributed by atoms with Crippen LogP contribution in [-0.2, 0) is 21.4 Å². The normalized spacial score (nSPS) is 11.8. The molecule has 138 valence electrons. The molecule has 2 N–H and O–H groups in total. The zero-order chi connectivity index (χ0) is 18.7. The average molecular weight is 393 g/mol. The Morgan fingerprint density at radius 1 is 1.31 bits per heavy atom. The first kappa shape index (κ1) is 18.6. The largest absolute Gasteiger partial charge is 0.350 e. The minimum atomic E-state index is -3.63. The van der Waals surface area contributed by atoms with Crippen molar-refractivity contribution in [3.05, 3.63) is 52.8 Å². The first-order valence-electron chi connectivity index (χ1n) is 8.10. The van der Waals surface area contributed by atoms with Crippen LogP contribution in [0.1, 0.15) is 23.2 Å². The summed E-state index contributed by atoms with van der Waals surface area (Å²) in [6.07, 6.45) is 3.82. The highest BCUT2D eigenvalue weighted by Crippen LogP contribution is 2.16. The van der Waals surface area contributed by atoms with E-state index in [9.17, 15) is 13.2 Å². The summed E-state index contributed by atoms with van der Waals surface area (Å²) in [7, 11) is -3.63. The number of aromatic nitrogens is 2. The number of amides is 1. The van der Waals surface area contributed by atoms with Crippen LogP contribution >= 0.6 is 11.3 Å². The molecule has 26 heavy (non-hydrogen) atoms. The number of carbonyl (C=O) groups excluding carboxylic acids is 1. The lowest BCUT2D eigenvalue weighted by atomic mass is 10.2. The number of carbonyl (C=O) groups is 1. The SMILES string of the molecule is Cc1ccc(C)c(S(=O)(=O)NCCC(=O)NCc2cn3ccsc3n2)c1. The van der Waals surface area contributed by atoms with Crippen molar-refractivity contribution in [1.82, 2.24) is 19.4 Å². The number of aryl methyl sites for hydroxylation is 2. The van der Waals surface area contributed by atoms with Crippen molar-refractivity contribution in [2.45, 2.75) is 31.7 Å².